The van der Waals surface area contributed by atoms with Gasteiger partial charge < -0.3 is 30.6 Å². The predicted molar refractivity (Wildman–Crippen MR) is 107 cm³/mol. The van der Waals surface area contributed by atoms with Gasteiger partial charge >= 0.3 is 6.36 Å². The zero-order chi connectivity index (χ0) is 23.4. The molecule has 2 amide bonds. The summed E-state index contributed by atoms with van der Waals surface area (Å²) in [6, 6.07) is 8.21. The standard InChI is InChI=1S/C19H22F3N5O5/c20-19(21,22)32-17-6-5-15(26-27-17)25-18(29)13-3-1-2-4-14(13)24-16(28)7-9-30-11-12-31-10-8-23/h1-6H,7-12,23H2,(H,24,28)(H,25,26,29). The molecule has 1 aromatic heterocycles. The number of carbonyl (C=O) groups excluding carboxylic acids is 2. The Balaban J connectivity index is 1.87. The molecule has 0 radical (unpaired) electrons. The van der Waals surface area contributed by atoms with Gasteiger partial charge in [0, 0.05) is 12.6 Å². The SMILES string of the molecule is NCCOCCOCCC(=O)Nc1ccccc1C(=O)Nc1ccc(OC(F)(F)F)nn1. The highest BCUT2D eigenvalue weighted by atomic mass is 19.4. The Morgan fingerprint density at radius 1 is 0.938 bits per heavy atom. The van der Waals surface area contributed by atoms with Gasteiger partial charge in [0.15, 0.2) is 5.82 Å². The molecule has 174 valence electrons. The fourth-order valence-corrected chi connectivity index (χ4v) is 2.32. The van der Waals surface area contributed by atoms with Crippen LogP contribution in [0.1, 0.15) is 16.8 Å². The summed E-state index contributed by atoms with van der Waals surface area (Å²) < 4.78 is 50.6. The number of nitrogens with zero attached hydrogens (tertiary/aromatic N) is 2. The van der Waals surface area contributed by atoms with Crippen LogP contribution in [0.2, 0.25) is 0 Å². The third kappa shape index (κ3) is 9.24. The van der Waals surface area contributed by atoms with E-state index in [1.165, 1.54) is 12.1 Å². The van der Waals surface area contributed by atoms with E-state index in [4.69, 9.17) is 15.2 Å². The van der Waals surface area contributed by atoms with Crippen molar-refractivity contribution in [3.05, 3.63) is 42.0 Å². The van der Waals surface area contributed by atoms with Crippen molar-refractivity contribution < 1.29 is 37.0 Å². The van der Waals surface area contributed by atoms with E-state index in [9.17, 15) is 22.8 Å². The molecule has 0 unspecified atom stereocenters. The van der Waals surface area contributed by atoms with Crippen molar-refractivity contribution in [2.45, 2.75) is 12.8 Å². The molecule has 0 aliphatic heterocycles. The Morgan fingerprint density at radius 2 is 1.66 bits per heavy atom. The van der Waals surface area contributed by atoms with E-state index < -0.39 is 18.1 Å². The number of amides is 2. The molecule has 4 N–H and O–H groups in total. The third-order valence-corrected chi connectivity index (χ3v) is 3.66. The first-order valence-electron chi connectivity index (χ1n) is 9.44. The maximum absolute atomic E-state index is 12.5. The van der Waals surface area contributed by atoms with E-state index >= 15 is 0 Å². The molecular weight excluding hydrogens is 435 g/mol. The van der Waals surface area contributed by atoms with E-state index in [2.05, 4.69) is 25.6 Å². The van der Waals surface area contributed by atoms with Gasteiger partial charge in [0.25, 0.3) is 5.91 Å². The first-order chi connectivity index (χ1) is 15.3. The Kier molecular flexibility index (Phi) is 9.78. The molecule has 0 aliphatic carbocycles. The normalized spacial score (nSPS) is 11.1. The maximum atomic E-state index is 12.5. The molecule has 2 aromatic rings. The zero-order valence-corrected chi connectivity index (χ0v) is 16.9. The summed E-state index contributed by atoms with van der Waals surface area (Å²) in [6.45, 7) is 1.70. The summed E-state index contributed by atoms with van der Waals surface area (Å²) >= 11 is 0. The van der Waals surface area contributed by atoms with Gasteiger partial charge in [0.2, 0.25) is 11.8 Å². The number of rotatable bonds is 12. The molecule has 13 heteroatoms. The molecule has 0 saturated heterocycles. The van der Waals surface area contributed by atoms with E-state index in [0.717, 1.165) is 12.1 Å². The molecule has 0 bridgehead atoms. The molecule has 0 aliphatic rings. The molecule has 32 heavy (non-hydrogen) atoms. The van der Waals surface area contributed by atoms with Crippen molar-refractivity contribution in [2.75, 3.05) is 43.6 Å². The highest BCUT2D eigenvalue weighted by Gasteiger charge is 2.32. The van der Waals surface area contributed by atoms with Crippen LogP contribution in [0.15, 0.2) is 36.4 Å². The van der Waals surface area contributed by atoms with Crippen molar-refractivity contribution in [1.82, 2.24) is 10.2 Å². The van der Waals surface area contributed by atoms with Gasteiger partial charge in [-0.15, -0.1) is 23.4 Å². The lowest BCUT2D eigenvalue weighted by molar-refractivity contribution is -0.276. The summed E-state index contributed by atoms with van der Waals surface area (Å²) in [5.74, 6) is -1.89. The van der Waals surface area contributed by atoms with Crippen LogP contribution in [0.25, 0.3) is 0 Å². The number of para-hydroxylation sites is 1. The van der Waals surface area contributed by atoms with Crippen LogP contribution < -0.4 is 21.1 Å². The minimum atomic E-state index is -4.90. The van der Waals surface area contributed by atoms with Crippen LogP contribution in [0.4, 0.5) is 24.7 Å². The van der Waals surface area contributed by atoms with Crippen molar-refractivity contribution in [2.24, 2.45) is 5.73 Å². The van der Waals surface area contributed by atoms with Crippen molar-refractivity contribution >= 4 is 23.3 Å². The van der Waals surface area contributed by atoms with E-state index in [1.54, 1.807) is 12.1 Å². The van der Waals surface area contributed by atoms with Gasteiger partial charge in [0.05, 0.1) is 44.1 Å². The number of nitrogens with one attached hydrogen (secondary N) is 2. The Hall–Kier alpha value is -3.29. The number of ether oxygens (including phenoxy) is 3. The number of benzene rings is 1. The topological polar surface area (TPSA) is 138 Å². The van der Waals surface area contributed by atoms with Crippen LogP contribution in [0.3, 0.4) is 0 Å². The van der Waals surface area contributed by atoms with Crippen LogP contribution in [0, 0.1) is 0 Å². The maximum Gasteiger partial charge on any atom is 0.574 e. The largest absolute Gasteiger partial charge is 0.574 e. The van der Waals surface area contributed by atoms with Gasteiger partial charge in [-0.25, -0.2) is 0 Å². The summed E-state index contributed by atoms with van der Waals surface area (Å²) in [5.41, 5.74) is 5.65. The minimum absolute atomic E-state index is 0.0545. The second kappa shape index (κ2) is 12.5. The smallest absolute Gasteiger partial charge is 0.386 e. The van der Waals surface area contributed by atoms with Crippen LogP contribution in [-0.4, -0.2) is 61.3 Å². The molecule has 1 heterocycles. The molecule has 0 atom stereocenters. The number of hydrogen-bond donors (Lipinski definition) is 3. The second-order valence-corrected chi connectivity index (χ2v) is 6.12. The third-order valence-electron chi connectivity index (χ3n) is 3.66. The van der Waals surface area contributed by atoms with E-state index in [1.807, 2.05) is 0 Å². The van der Waals surface area contributed by atoms with Gasteiger partial charge in [-0.05, 0) is 18.2 Å². The van der Waals surface area contributed by atoms with Crippen LogP contribution >= 0.6 is 0 Å². The first kappa shape index (κ1) is 25.0. The number of carbonyl (C=O) groups is 2. The minimum Gasteiger partial charge on any atom is -0.386 e. The molecule has 2 rings (SSSR count). The second-order valence-electron chi connectivity index (χ2n) is 6.12. The number of alkyl halides is 3. The Bertz CT molecular complexity index is 880. The lowest BCUT2D eigenvalue weighted by atomic mass is 10.1. The molecule has 0 saturated carbocycles. The Morgan fingerprint density at radius 3 is 2.31 bits per heavy atom. The summed E-state index contributed by atoms with van der Waals surface area (Å²) in [6.07, 6.45) is -4.85. The van der Waals surface area contributed by atoms with E-state index in [0.29, 0.717) is 26.4 Å². The molecule has 0 fully saturated rings. The molecule has 10 nitrogen and oxygen atoms in total. The number of aromatic nitrogens is 2. The first-order valence-corrected chi connectivity index (χ1v) is 9.44. The summed E-state index contributed by atoms with van der Waals surface area (Å²) in [5, 5.41) is 11.7. The quantitative estimate of drug-likeness (QED) is 0.411. The van der Waals surface area contributed by atoms with Gasteiger partial charge in [-0.3, -0.25) is 9.59 Å². The number of anilines is 2. The van der Waals surface area contributed by atoms with Gasteiger partial charge in [0.1, 0.15) is 0 Å². The van der Waals surface area contributed by atoms with Crippen molar-refractivity contribution in [3.8, 4) is 5.88 Å². The van der Waals surface area contributed by atoms with Crippen molar-refractivity contribution in [1.29, 1.82) is 0 Å². The zero-order valence-electron chi connectivity index (χ0n) is 16.9. The highest BCUT2D eigenvalue weighted by Crippen LogP contribution is 2.21. The fourth-order valence-electron chi connectivity index (χ4n) is 2.32. The Labute approximate surface area is 181 Å². The van der Waals surface area contributed by atoms with Crippen LogP contribution in [-0.2, 0) is 14.3 Å². The number of halogens is 3. The monoisotopic (exact) mass is 457 g/mol. The average molecular weight is 457 g/mol. The summed E-state index contributed by atoms with van der Waals surface area (Å²) in [7, 11) is 0. The molecular formula is C19H22F3N5O5. The van der Waals surface area contributed by atoms with Gasteiger partial charge in [-0.1, -0.05) is 12.1 Å². The van der Waals surface area contributed by atoms with E-state index in [-0.39, 0.29) is 36.0 Å². The lowest BCUT2D eigenvalue weighted by Gasteiger charge is -2.12. The molecule has 1 aromatic carbocycles. The average Bonchev–Trinajstić information content (AvgIpc) is 2.74. The lowest BCUT2D eigenvalue weighted by Crippen LogP contribution is -2.20. The number of hydrogen-bond acceptors (Lipinski definition) is 8. The fraction of sp³-hybridized carbons (Fsp3) is 0.368. The number of nitrogens with two attached hydrogens (primary N) is 1. The predicted octanol–water partition coefficient (Wildman–Crippen LogP) is 1.95. The molecule has 0 spiro atoms. The summed E-state index contributed by atoms with van der Waals surface area (Å²) in [4.78, 5) is 24.7. The van der Waals surface area contributed by atoms with Gasteiger partial charge in [-0.2, -0.15) is 0 Å². The highest BCUT2D eigenvalue weighted by molar-refractivity contribution is 6.09. The van der Waals surface area contributed by atoms with Crippen molar-refractivity contribution in [3.63, 3.8) is 0 Å². The van der Waals surface area contributed by atoms with Crippen LogP contribution in [0.5, 0.6) is 5.88 Å².